The first-order chi connectivity index (χ1) is 43.4. The molecule has 10 heteroatoms. The molecular formula is C79H141N2O7P. The fourth-order valence-electron chi connectivity index (χ4n) is 10.5. The van der Waals surface area contributed by atoms with E-state index < -0.39 is 26.6 Å². The van der Waals surface area contributed by atoms with E-state index >= 15 is 0 Å². The lowest BCUT2D eigenvalue weighted by Gasteiger charge is -2.30. The van der Waals surface area contributed by atoms with Gasteiger partial charge in [0.15, 0.2) is 0 Å². The monoisotopic (exact) mass is 1260 g/mol. The van der Waals surface area contributed by atoms with E-state index in [-0.39, 0.29) is 24.9 Å². The maximum atomic E-state index is 13.6. The largest absolute Gasteiger partial charge is 0.756 e. The van der Waals surface area contributed by atoms with Gasteiger partial charge in [0.05, 0.1) is 33.8 Å². The Morgan fingerprint density at radius 3 is 1.10 bits per heavy atom. The SMILES string of the molecule is CC/C=C\C/C=C\C/C=C\C/C=C\C/C=C\C/C=C\CCCCCCCCCCC(=O)OC(/C=C/CCCCCCCCCCCCC)C(COP(=O)([O-])OCC[N+](C)(C)C)NC(=O)CCCCCCCCCCCCCCC/C=C\C/C=C\CCCCC. The van der Waals surface area contributed by atoms with E-state index in [2.05, 4.69) is 123 Å². The molecule has 0 saturated carbocycles. The summed E-state index contributed by atoms with van der Waals surface area (Å²) in [6.07, 6.45) is 93.5. The predicted molar refractivity (Wildman–Crippen MR) is 385 cm³/mol. The number of rotatable bonds is 67. The summed E-state index contributed by atoms with van der Waals surface area (Å²) in [5.74, 6) is -0.547. The topological polar surface area (TPSA) is 114 Å². The zero-order valence-electron chi connectivity index (χ0n) is 58.9. The number of ether oxygens (including phenoxy) is 1. The van der Waals surface area contributed by atoms with Crippen molar-refractivity contribution in [2.24, 2.45) is 0 Å². The van der Waals surface area contributed by atoms with Crippen LogP contribution < -0.4 is 10.2 Å². The highest BCUT2D eigenvalue weighted by Crippen LogP contribution is 2.38. The van der Waals surface area contributed by atoms with Gasteiger partial charge in [-0.05, 0) is 115 Å². The van der Waals surface area contributed by atoms with Crippen LogP contribution in [-0.2, 0) is 27.9 Å². The number of allylic oxidation sites excluding steroid dienone is 17. The van der Waals surface area contributed by atoms with E-state index in [4.69, 9.17) is 13.8 Å². The fraction of sp³-hybridized carbons (Fsp3) is 0.747. The van der Waals surface area contributed by atoms with Gasteiger partial charge >= 0.3 is 5.97 Å². The van der Waals surface area contributed by atoms with Crippen molar-refractivity contribution in [3.8, 4) is 0 Å². The van der Waals surface area contributed by atoms with E-state index in [9.17, 15) is 19.0 Å². The van der Waals surface area contributed by atoms with Crippen LogP contribution in [0.3, 0.4) is 0 Å². The minimum atomic E-state index is -4.72. The van der Waals surface area contributed by atoms with Crippen LogP contribution in [0.25, 0.3) is 0 Å². The lowest BCUT2D eigenvalue weighted by molar-refractivity contribution is -0.870. The Bertz CT molecular complexity index is 1890. The highest BCUT2D eigenvalue weighted by Gasteiger charge is 2.27. The Morgan fingerprint density at radius 2 is 0.719 bits per heavy atom. The number of quaternary nitrogens is 1. The molecule has 0 aromatic carbocycles. The number of nitrogens with one attached hydrogen (secondary N) is 1. The van der Waals surface area contributed by atoms with E-state index in [0.717, 1.165) is 116 Å². The van der Waals surface area contributed by atoms with Crippen LogP contribution in [0, 0.1) is 0 Å². The standard InChI is InChI=1S/C79H141N2O7P/c1-7-10-13-16-19-22-25-28-30-32-34-36-38-39-40-41-43-45-47-49-51-54-57-60-63-66-69-72-79(83)88-77(70-67-64-61-58-55-52-27-24-21-18-15-12-9-3)76(75-87-89(84,85)86-74-73-81(4,5)6)80-78(82)71-68-65-62-59-56-53-50-48-46-44-42-37-35-33-31-29-26-23-20-17-14-11-8-2/h10,13,19-20,22-23,28-31,34,36,39-40,43,45,67,70,76-77H,7-9,11-12,14-18,21,24-27,32-33,35,37-38,41-42,44,46-66,68-69,71-75H2,1-6H3,(H-,80,82,84,85)/b13-10-,22-19-,23-20-,30-28-,31-29-,36-34-,40-39-,45-43-,70-67+. The van der Waals surface area contributed by atoms with E-state index in [1.165, 1.54) is 180 Å². The second-order valence-corrected chi connectivity index (χ2v) is 27.5. The number of nitrogens with zero attached hydrogens (tertiary/aromatic N) is 1. The normalized spacial score (nSPS) is 14.1. The molecule has 0 saturated heterocycles. The number of amides is 1. The van der Waals surface area contributed by atoms with Gasteiger partial charge in [0.2, 0.25) is 5.91 Å². The van der Waals surface area contributed by atoms with Crippen LogP contribution in [0.1, 0.15) is 329 Å². The summed E-state index contributed by atoms with van der Waals surface area (Å²) in [6.45, 7) is 6.73. The number of phosphoric acid groups is 1. The first kappa shape index (κ1) is 85.7. The number of carbonyl (C=O) groups excluding carboxylic acids is 2. The number of hydrogen-bond donors (Lipinski definition) is 1. The summed E-state index contributed by atoms with van der Waals surface area (Å²) in [4.78, 5) is 40.3. The zero-order chi connectivity index (χ0) is 64.9. The average molecular weight is 1260 g/mol. The van der Waals surface area contributed by atoms with Crippen LogP contribution in [-0.4, -0.2) is 69.4 Å². The number of phosphoric ester groups is 1. The van der Waals surface area contributed by atoms with Gasteiger partial charge in [-0.2, -0.15) is 0 Å². The summed E-state index contributed by atoms with van der Waals surface area (Å²) in [6, 6.07) is -0.900. The van der Waals surface area contributed by atoms with Crippen molar-refractivity contribution in [3.05, 3.63) is 109 Å². The second kappa shape index (κ2) is 67.6. The number of hydrogen-bond acceptors (Lipinski definition) is 7. The molecule has 9 nitrogen and oxygen atoms in total. The van der Waals surface area contributed by atoms with Gasteiger partial charge < -0.3 is 28.5 Å². The highest BCUT2D eigenvalue weighted by atomic mass is 31.2. The Morgan fingerprint density at radius 1 is 0.404 bits per heavy atom. The van der Waals surface area contributed by atoms with Crippen molar-refractivity contribution in [1.29, 1.82) is 0 Å². The molecule has 0 heterocycles. The molecule has 3 atom stereocenters. The Balaban J connectivity index is 5.08. The van der Waals surface area contributed by atoms with Gasteiger partial charge in [0.25, 0.3) is 7.82 Å². The van der Waals surface area contributed by atoms with Crippen molar-refractivity contribution in [2.75, 3.05) is 40.9 Å². The third-order valence-electron chi connectivity index (χ3n) is 16.2. The molecule has 0 aliphatic carbocycles. The van der Waals surface area contributed by atoms with E-state index in [1.807, 2.05) is 33.3 Å². The predicted octanol–water partition coefficient (Wildman–Crippen LogP) is 23.4. The molecule has 1 N–H and O–H groups in total. The molecule has 0 fully saturated rings. The molecule has 0 spiro atoms. The molecule has 0 rings (SSSR count). The third kappa shape index (κ3) is 68.9. The van der Waals surface area contributed by atoms with Gasteiger partial charge in [-0.25, -0.2) is 0 Å². The van der Waals surface area contributed by atoms with Gasteiger partial charge in [-0.1, -0.05) is 310 Å². The Hall–Kier alpha value is -3.33. The summed E-state index contributed by atoms with van der Waals surface area (Å²) in [5, 5.41) is 3.05. The molecule has 514 valence electrons. The molecule has 0 aromatic rings. The van der Waals surface area contributed by atoms with Crippen molar-refractivity contribution >= 4 is 19.7 Å². The number of unbranched alkanes of at least 4 members (excludes halogenated alkanes) is 35. The van der Waals surface area contributed by atoms with Crippen LogP contribution >= 0.6 is 7.82 Å². The summed E-state index contributed by atoms with van der Waals surface area (Å²) < 4.78 is 30.5. The van der Waals surface area contributed by atoms with Crippen LogP contribution in [0.15, 0.2) is 109 Å². The van der Waals surface area contributed by atoms with Crippen LogP contribution in [0.5, 0.6) is 0 Å². The first-order valence-electron chi connectivity index (χ1n) is 37.2. The second-order valence-electron chi connectivity index (χ2n) is 26.1. The molecule has 0 aliphatic heterocycles. The van der Waals surface area contributed by atoms with Gasteiger partial charge in [-0.3, -0.25) is 14.2 Å². The van der Waals surface area contributed by atoms with Crippen LogP contribution in [0.2, 0.25) is 0 Å². The van der Waals surface area contributed by atoms with E-state index in [1.54, 1.807) is 0 Å². The van der Waals surface area contributed by atoms with Crippen molar-refractivity contribution in [2.45, 2.75) is 341 Å². The van der Waals surface area contributed by atoms with Gasteiger partial charge in [0.1, 0.15) is 19.3 Å². The number of carbonyl (C=O) groups is 2. The highest BCUT2D eigenvalue weighted by molar-refractivity contribution is 7.45. The average Bonchev–Trinajstić information content (AvgIpc) is 3.63. The van der Waals surface area contributed by atoms with Gasteiger partial charge in [-0.15, -0.1) is 0 Å². The number of likely N-dealkylation sites (N-methyl/N-ethyl adjacent to an activating group) is 1. The molecule has 0 bridgehead atoms. The molecule has 0 radical (unpaired) electrons. The fourth-order valence-corrected chi connectivity index (χ4v) is 11.2. The molecule has 3 unspecified atom stereocenters. The smallest absolute Gasteiger partial charge is 0.306 e. The Labute approximate surface area is 551 Å². The minimum Gasteiger partial charge on any atom is -0.756 e. The zero-order valence-corrected chi connectivity index (χ0v) is 59.8. The lowest BCUT2D eigenvalue weighted by atomic mass is 10.0. The van der Waals surface area contributed by atoms with E-state index in [0.29, 0.717) is 17.4 Å². The molecule has 0 aliphatic rings. The summed E-state index contributed by atoms with van der Waals surface area (Å²) >= 11 is 0. The van der Waals surface area contributed by atoms with Crippen molar-refractivity contribution in [1.82, 2.24) is 5.32 Å². The maximum Gasteiger partial charge on any atom is 0.306 e. The van der Waals surface area contributed by atoms with Crippen molar-refractivity contribution in [3.63, 3.8) is 0 Å². The Kier molecular flexibility index (Phi) is 65.0. The third-order valence-corrected chi connectivity index (χ3v) is 17.2. The maximum absolute atomic E-state index is 13.6. The number of esters is 1. The molecule has 1 amide bonds. The molecule has 0 aromatic heterocycles. The molecule has 89 heavy (non-hydrogen) atoms. The minimum absolute atomic E-state index is 0.0276. The first-order valence-corrected chi connectivity index (χ1v) is 38.7. The quantitative estimate of drug-likeness (QED) is 0.0212. The molecular weight excluding hydrogens is 1120 g/mol. The van der Waals surface area contributed by atoms with Crippen LogP contribution in [0.4, 0.5) is 0 Å². The summed E-state index contributed by atoms with van der Waals surface area (Å²) in [5.41, 5.74) is 0. The lowest BCUT2D eigenvalue weighted by Crippen LogP contribution is -2.47. The van der Waals surface area contributed by atoms with Crippen molar-refractivity contribution < 1.29 is 37.3 Å². The summed E-state index contributed by atoms with van der Waals surface area (Å²) in [7, 11) is 1.18. The van der Waals surface area contributed by atoms with Gasteiger partial charge in [0, 0.05) is 12.8 Å².